The topological polar surface area (TPSA) is 74.0 Å². The van der Waals surface area contributed by atoms with Crippen LogP contribution in [0.5, 0.6) is 5.75 Å². The number of carbonyl (C=O) groups excluding carboxylic acids is 1. The summed E-state index contributed by atoms with van der Waals surface area (Å²) in [5.41, 5.74) is 3.17. The SMILES string of the molecule is COc1ccc(-n2ccc(CNC(=O)/C=C/c3c(C)nn(C)c3Cl)n2)cc1. The molecule has 1 N–H and O–H groups in total. The Kier molecular flexibility index (Phi) is 5.61. The molecule has 0 saturated heterocycles. The second-order valence-electron chi connectivity index (χ2n) is 5.91. The van der Waals surface area contributed by atoms with Crippen molar-refractivity contribution < 1.29 is 9.53 Å². The van der Waals surface area contributed by atoms with E-state index in [-0.39, 0.29) is 5.91 Å². The third kappa shape index (κ3) is 4.38. The Morgan fingerprint density at radius 3 is 2.63 bits per heavy atom. The largest absolute Gasteiger partial charge is 0.497 e. The number of hydrogen-bond acceptors (Lipinski definition) is 4. The van der Waals surface area contributed by atoms with Crippen molar-refractivity contribution in [3.63, 3.8) is 0 Å². The molecular weight excluding hydrogens is 366 g/mol. The fraction of sp³-hybridized carbons (Fsp3) is 0.211. The first-order valence-electron chi connectivity index (χ1n) is 8.32. The molecule has 0 radical (unpaired) electrons. The molecule has 0 fully saturated rings. The van der Waals surface area contributed by atoms with Gasteiger partial charge in [-0.1, -0.05) is 11.6 Å². The Balaban J connectivity index is 1.59. The van der Waals surface area contributed by atoms with Crippen LogP contribution in [0.2, 0.25) is 5.15 Å². The first kappa shape index (κ1) is 18.7. The maximum absolute atomic E-state index is 12.0. The van der Waals surface area contributed by atoms with E-state index >= 15 is 0 Å². The molecule has 3 aromatic rings. The van der Waals surface area contributed by atoms with E-state index in [1.165, 1.54) is 6.08 Å². The molecular formula is C19H20ClN5O2. The number of aromatic nitrogens is 4. The van der Waals surface area contributed by atoms with Gasteiger partial charge in [-0.25, -0.2) is 4.68 Å². The van der Waals surface area contributed by atoms with Crippen molar-refractivity contribution in [1.82, 2.24) is 24.9 Å². The molecule has 0 saturated carbocycles. The van der Waals surface area contributed by atoms with Crippen molar-refractivity contribution in [1.29, 1.82) is 0 Å². The van der Waals surface area contributed by atoms with Gasteiger partial charge >= 0.3 is 0 Å². The third-order valence-electron chi connectivity index (χ3n) is 4.02. The van der Waals surface area contributed by atoms with Gasteiger partial charge in [0.15, 0.2) is 0 Å². The Hall–Kier alpha value is -3.06. The fourth-order valence-electron chi connectivity index (χ4n) is 2.57. The van der Waals surface area contributed by atoms with E-state index in [4.69, 9.17) is 16.3 Å². The van der Waals surface area contributed by atoms with Crippen LogP contribution in [-0.4, -0.2) is 32.6 Å². The number of methoxy groups -OCH3 is 1. The summed E-state index contributed by atoms with van der Waals surface area (Å²) in [5, 5.41) is 12.0. The lowest BCUT2D eigenvalue weighted by Crippen LogP contribution is -2.20. The van der Waals surface area contributed by atoms with Crippen molar-refractivity contribution in [2.45, 2.75) is 13.5 Å². The number of rotatable bonds is 6. The second-order valence-corrected chi connectivity index (χ2v) is 6.27. The number of ether oxygens (including phenoxy) is 1. The molecule has 1 amide bonds. The molecule has 0 aliphatic carbocycles. The fourth-order valence-corrected chi connectivity index (χ4v) is 2.80. The number of hydrogen-bond donors (Lipinski definition) is 1. The molecule has 2 aromatic heterocycles. The van der Waals surface area contributed by atoms with E-state index in [9.17, 15) is 4.79 Å². The highest BCUT2D eigenvalue weighted by molar-refractivity contribution is 6.31. The van der Waals surface area contributed by atoms with Crippen molar-refractivity contribution >= 4 is 23.6 Å². The molecule has 27 heavy (non-hydrogen) atoms. The zero-order valence-electron chi connectivity index (χ0n) is 15.3. The Bertz CT molecular complexity index is 973. The van der Waals surface area contributed by atoms with E-state index in [0.717, 1.165) is 28.4 Å². The number of aryl methyl sites for hydroxylation is 2. The van der Waals surface area contributed by atoms with Crippen molar-refractivity contribution in [3.05, 3.63) is 64.7 Å². The number of nitrogens with one attached hydrogen (secondary N) is 1. The standard InChI is InChI=1S/C19H20ClN5O2/c1-13-17(19(20)24(2)22-13)8-9-18(26)21-12-14-10-11-25(23-14)15-4-6-16(27-3)7-5-15/h4-11H,12H2,1-3H3,(H,21,26)/b9-8+. The Morgan fingerprint density at radius 1 is 1.26 bits per heavy atom. The summed E-state index contributed by atoms with van der Waals surface area (Å²) in [7, 11) is 3.38. The number of carbonyl (C=O) groups is 1. The molecule has 7 nitrogen and oxygen atoms in total. The summed E-state index contributed by atoms with van der Waals surface area (Å²) in [5.74, 6) is 0.558. The summed E-state index contributed by atoms with van der Waals surface area (Å²) in [6.07, 6.45) is 4.95. The first-order chi connectivity index (χ1) is 13.0. The summed E-state index contributed by atoms with van der Waals surface area (Å²) in [6, 6.07) is 9.42. The van der Waals surface area contributed by atoms with Crippen LogP contribution in [0, 0.1) is 6.92 Å². The number of nitrogens with zero attached hydrogens (tertiary/aromatic N) is 4. The average Bonchev–Trinajstić information content (AvgIpc) is 3.24. The van der Waals surface area contributed by atoms with Crippen LogP contribution in [0.15, 0.2) is 42.6 Å². The minimum absolute atomic E-state index is 0.228. The summed E-state index contributed by atoms with van der Waals surface area (Å²) >= 11 is 6.15. The van der Waals surface area contributed by atoms with Crippen LogP contribution in [-0.2, 0) is 18.4 Å². The van der Waals surface area contributed by atoms with Gasteiger partial charge in [0.25, 0.3) is 0 Å². The molecule has 140 valence electrons. The molecule has 0 atom stereocenters. The predicted octanol–water partition coefficient (Wildman–Crippen LogP) is 2.91. The highest BCUT2D eigenvalue weighted by Gasteiger charge is 2.08. The third-order valence-corrected chi connectivity index (χ3v) is 4.47. The van der Waals surface area contributed by atoms with E-state index < -0.39 is 0 Å². The molecule has 1 aromatic carbocycles. The molecule has 3 rings (SSSR count). The molecule has 0 spiro atoms. The van der Waals surface area contributed by atoms with Crippen LogP contribution in [0.3, 0.4) is 0 Å². The maximum Gasteiger partial charge on any atom is 0.244 e. The predicted molar refractivity (Wildman–Crippen MR) is 104 cm³/mol. The maximum atomic E-state index is 12.0. The number of halogens is 1. The van der Waals surface area contributed by atoms with Gasteiger partial charge in [0.2, 0.25) is 5.91 Å². The molecule has 0 unspecified atom stereocenters. The van der Waals surface area contributed by atoms with Crippen LogP contribution < -0.4 is 10.1 Å². The molecule has 0 bridgehead atoms. The average molecular weight is 386 g/mol. The Morgan fingerprint density at radius 2 is 2.00 bits per heavy atom. The van der Waals surface area contributed by atoms with Crippen LogP contribution in [0.4, 0.5) is 0 Å². The van der Waals surface area contributed by atoms with E-state index in [1.54, 1.807) is 29.6 Å². The summed E-state index contributed by atoms with van der Waals surface area (Å²) in [4.78, 5) is 12.0. The quantitative estimate of drug-likeness (QED) is 0.662. The van der Waals surface area contributed by atoms with Gasteiger partial charge in [-0.3, -0.25) is 9.48 Å². The molecule has 0 aliphatic heterocycles. The van der Waals surface area contributed by atoms with Crippen LogP contribution in [0.25, 0.3) is 11.8 Å². The lowest BCUT2D eigenvalue weighted by Gasteiger charge is -2.03. The second kappa shape index (κ2) is 8.09. The van der Waals surface area contributed by atoms with Gasteiger partial charge in [0.1, 0.15) is 10.9 Å². The minimum atomic E-state index is -0.228. The highest BCUT2D eigenvalue weighted by atomic mass is 35.5. The van der Waals surface area contributed by atoms with Gasteiger partial charge in [0, 0.05) is 24.9 Å². The highest BCUT2D eigenvalue weighted by Crippen LogP contribution is 2.20. The van der Waals surface area contributed by atoms with Crippen molar-refractivity contribution in [2.75, 3.05) is 7.11 Å². The first-order valence-corrected chi connectivity index (χ1v) is 8.69. The van der Waals surface area contributed by atoms with Crippen LogP contribution >= 0.6 is 11.6 Å². The molecule has 0 aliphatic rings. The van der Waals surface area contributed by atoms with Gasteiger partial charge < -0.3 is 10.1 Å². The molecule has 2 heterocycles. The van der Waals surface area contributed by atoms with E-state index in [0.29, 0.717) is 11.7 Å². The van der Waals surface area contributed by atoms with Gasteiger partial charge in [-0.2, -0.15) is 10.2 Å². The lowest BCUT2D eigenvalue weighted by molar-refractivity contribution is -0.116. The van der Waals surface area contributed by atoms with Gasteiger partial charge in [-0.05, 0) is 43.3 Å². The zero-order valence-corrected chi connectivity index (χ0v) is 16.1. The zero-order chi connectivity index (χ0) is 19.4. The minimum Gasteiger partial charge on any atom is -0.497 e. The summed E-state index contributed by atoms with van der Waals surface area (Å²) in [6.45, 7) is 2.17. The van der Waals surface area contributed by atoms with E-state index in [2.05, 4.69) is 15.5 Å². The lowest BCUT2D eigenvalue weighted by atomic mass is 10.2. The molecule has 8 heteroatoms. The van der Waals surface area contributed by atoms with E-state index in [1.807, 2.05) is 43.5 Å². The smallest absolute Gasteiger partial charge is 0.244 e. The van der Waals surface area contributed by atoms with Gasteiger partial charge in [-0.15, -0.1) is 0 Å². The van der Waals surface area contributed by atoms with Gasteiger partial charge in [0.05, 0.1) is 30.7 Å². The Labute approximate surface area is 162 Å². The normalized spacial score (nSPS) is 11.1. The number of amides is 1. The van der Waals surface area contributed by atoms with Crippen molar-refractivity contribution in [2.24, 2.45) is 7.05 Å². The van der Waals surface area contributed by atoms with Crippen molar-refractivity contribution in [3.8, 4) is 11.4 Å². The van der Waals surface area contributed by atoms with Crippen LogP contribution in [0.1, 0.15) is 17.0 Å². The number of benzene rings is 1. The summed E-state index contributed by atoms with van der Waals surface area (Å²) < 4.78 is 8.46. The monoisotopic (exact) mass is 385 g/mol.